The average Bonchev–Trinajstić information content (AvgIpc) is 2.36. The van der Waals surface area contributed by atoms with E-state index in [0.717, 1.165) is 38.9 Å². The Kier molecular flexibility index (Phi) is 5.44. The molecule has 1 N–H and O–H groups in total. The summed E-state index contributed by atoms with van der Waals surface area (Å²) < 4.78 is 0. The fourth-order valence-electron chi connectivity index (χ4n) is 2.21. The molecule has 100 valence electrons. The van der Waals surface area contributed by atoms with Crippen molar-refractivity contribution >= 4 is 5.91 Å². The number of carbonyl (C=O) groups is 1. The highest BCUT2D eigenvalue weighted by Gasteiger charge is 2.32. The predicted octanol–water partition coefficient (Wildman–Crippen LogP) is 2.41. The molecular formula is C14H28N2O. The van der Waals surface area contributed by atoms with E-state index in [1.807, 2.05) is 4.90 Å². The molecular weight excluding hydrogens is 212 g/mol. The van der Waals surface area contributed by atoms with Gasteiger partial charge in [-0.05, 0) is 32.2 Å². The lowest BCUT2D eigenvalue weighted by atomic mass is 9.87. The Balaban J connectivity index is 2.39. The molecule has 0 aromatic carbocycles. The van der Waals surface area contributed by atoms with E-state index in [9.17, 15) is 4.79 Å². The van der Waals surface area contributed by atoms with Crippen LogP contribution in [0, 0.1) is 5.41 Å². The number of likely N-dealkylation sites (tertiary alicyclic amines) is 1. The molecule has 0 aromatic heterocycles. The van der Waals surface area contributed by atoms with Crippen LogP contribution in [0.4, 0.5) is 0 Å². The second kappa shape index (κ2) is 6.39. The van der Waals surface area contributed by atoms with Crippen LogP contribution in [-0.4, -0.2) is 36.5 Å². The Hall–Kier alpha value is -0.570. The molecule has 0 aromatic rings. The van der Waals surface area contributed by atoms with Crippen molar-refractivity contribution in [1.29, 1.82) is 0 Å². The summed E-state index contributed by atoms with van der Waals surface area (Å²) in [7, 11) is 0. The number of piperidine rings is 1. The van der Waals surface area contributed by atoms with Gasteiger partial charge in [0.25, 0.3) is 0 Å². The fourth-order valence-corrected chi connectivity index (χ4v) is 2.21. The second-order valence-electron chi connectivity index (χ2n) is 5.76. The zero-order valence-electron chi connectivity index (χ0n) is 11.9. The van der Waals surface area contributed by atoms with Crippen LogP contribution >= 0.6 is 0 Å². The molecule has 1 aliphatic heterocycles. The third kappa shape index (κ3) is 3.98. The van der Waals surface area contributed by atoms with Gasteiger partial charge in [-0.2, -0.15) is 0 Å². The third-order valence-corrected chi connectivity index (χ3v) is 3.93. The number of rotatable bonds is 5. The van der Waals surface area contributed by atoms with Gasteiger partial charge in [-0.3, -0.25) is 4.79 Å². The van der Waals surface area contributed by atoms with E-state index in [-0.39, 0.29) is 5.41 Å². The Morgan fingerprint density at radius 1 is 1.29 bits per heavy atom. The van der Waals surface area contributed by atoms with Gasteiger partial charge in [-0.25, -0.2) is 0 Å². The van der Waals surface area contributed by atoms with Gasteiger partial charge in [0.2, 0.25) is 5.91 Å². The molecule has 1 fully saturated rings. The van der Waals surface area contributed by atoms with Crippen LogP contribution in [0.1, 0.15) is 53.4 Å². The molecule has 0 bridgehead atoms. The zero-order chi connectivity index (χ0) is 12.9. The van der Waals surface area contributed by atoms with E-state index in [1.54, 1.807) is 0 Å². The van der Waals surface area contributed by atoms with Crippen LogP contribution < -0.4 is 5.32 Å². The van der Waals surface area contributed by atoms with Crippen LogP contribution in [-0.2, 0) is 4.79 Å². The summed E-state index contributed by atoms with van der Waals surface area (Å²) in [6.45, 7) is 11.3. The van der Waals surface area contributed by atoms with Crippen LogP contribution in [0.2, 0.25) is 0 Å². The Bertz CT molecular complexity index is 243. The minimum absolute atomic E-state index is 0.191. The number of nitrogens with zero attached hydrogens (tertiary/aromatic N) is 1. The Morgan fingerprint density at radius 2 is 1.88 bits per heavy atom. The second-order valence-corrected chi connectivity index (χ2v) is 5.76. The normalized spacial score (nSPS) is 18.5. The van der Waals surface area contributed by atoms with Gasteiger partial charge in [0.05, 0.1) is 0 Å². The van der Waals surface area contributed by atoms with Crippen LogP contribution in [0.25, 0.3) is 0 Å². The van der Waals surface area contributed by atoms with Gasteiger partial charge < -0.3 is 10.2 Å². The molecule has 1 rings (SSSR count). The zero-order valence-corrected chi connectivity index (χ0v) is 11.9. The summed E-state index contributed by atoms with van der Waals surface area (Å²) in [6.07, 6.45) is 4.30. The van der Waals surface area contributed by atoms with Crippen molar-refractivity contribution in [1.82, 2.24) is 10.2 Å². The van der Waals surface area contributed by atoms with E-state index in [4.69, 9.17) is 0 Å². The number of amides is 1. The van der Waals surface area contributed by atoms with Gasteiger partial charge in [-0.15, -0.1) is 0 Å². The first-order valence-electron chi connectivity index (χ1n) is 7.04. The van der Waals surface area contributed by atoms with Crippen molar-refractivity contribution in [2.75, 3.05) is 19.6 Å². The Labute approximate surface area is 106 Å². The van der Waals surface area contributed by atoms with Crippen LogP contribution in [0.15, 0.2) is 0 Å². The summed E-state index contributed by atoms with van der Waals surface area (Å²) in [6, 6.07) is 0.615. The number of hydrogen-bond acceptors (Lipinski definition) is 2. The minimum atomic E-state index is -0.191. The van der Waals surface area contributed by atoms with Crippen molar-refractivity contribution in [2.45, 2.75) is 59.4 Å². The quantitative estimate of drug-likeness (QED) is 0.800. The van der Waals surface area contributed by atoms with Crippen molar-refractivity contribution in [3.63, 3.8) is 0 Å². The maximum Gasteiger partial charge on any atom is 0.228 e. The summed E-state index contributed by atoms with van der Waals surface area (Å²) in [5, 5.41) is 3.55. The number of carbonyl (C=O) groups excluding carboxylic acids is 1. The highest BCUT2D eigenvalue weighted by Crippen LogP contribution is 2.25. The van der Waals surface area contributed by atoms with Gasteiger partial charge in [-0.1, -0.05) is 27.7 Å². The lowest BCUT2D eigenvalue weighted by Crippen LogP contribution is -2.48. The molecule has 0 aliphatic carbocycles. The van der Waals surface area contributed by atoms with Gasteiger partial charge in [0, 0.05) is 24.5 Å². The molecule has 3 nitrogen and oxygen atoms in total. The molecule has 0 radical (unpaired) electrons. The summed E-state index contributed by atoms with van der Waals surface area (Å²) in [4.78, 5) is 14.3. The van der Waals surface area contributed by atoms with Crippen LogP contribution in [0.3, 0.4) is 0 Å². The molecule has 1 amide bonds. The molecule has 0 unspecified atom stereocenters. The highest BCUT2D eigenvalue weighted by atomic mass is 16.2. The molecule has 17 heavy (non-hydrogen) atoms. The molecule has 0 spiro atoms. The molecule has 1 aliphatic rings. The molecule has 1 saturated heterocycles. The van der Waals surface area contributed by atoms with Gasteiger partial charge >= 0.3 is 0 Å². The molecule has 1 heterocycles. The van der Waals surface area contributed by atoms with Crippen molar-refractivity contribution in [2.24, 2.45) is 5.41 Å². The molecule has 0 atom stereocenters. The van der Waals surface area contributed by atoms with Gasteiger partial charge in [0.15, 0.2) is 0 Å². The maximum atomic E-state index is 12.3. The topological polar surface area (TPSA) is 32.3 Å². The monoisotopic (exact) mass is 240 g/mol. The van der Waals surface area contributed by atoms with Gasteiger partial charge in [0.1, 0.15) is 0 Å². The molecule has 3 heteroatoms. The largest absolute Gasteiger partial charge is 0.342 e. The predicted molar refractivity (Wildman–Crippen MR) is 72.0 cm³/mol. The SMILES string of the molecule is CCCNC1CCN(C(=O)C(C)(C)CC)CC1. The van der Waals surface area contributed by atoms with Crippen molar-refractivity contribution in [3.8, 4) is 0 Å². The van der Waals surface area contributed by atoms with E-state index >= 15 is 0 Å². The lowest BCUT2D eigenvalue weighted by Gasteiger charge is -2.37. The standard InChI is InChI=1S/C14H28N2O/c1-5-9-15-12-7-10-16(11-8-12)13(17)14(3,4)6-2/h12,15H,5-11H2,1-4H3. The van der Waals surface area contributed by atoms with E-state index in [1.165, 1.54) is 6.42 Å². The number of nitrogens with one attached hydrogen (secondary N) is 1. The summed E-state index contributed by atoms with van der Waals surface area (Å²) in [5.74, 6) is 0.328. The first-order valence-corrected chi connectivity index (χ1v) is 7.04. The molecule has 0 saturated carbocycles. The van der Waals surface area contributed by atoms with Crippen molar-refractivity contribution in [3.05, 3.63) is 0 Å². The minimum Gasteiger partial charge on any atom is -0.342 e. The van der Waals surface area contributed by atoms with Crippen molar-refractivity contribution < 1.29 is 4.79 Å². The number of hydrogen-bond donors (Lipinski definition) is 1. The van der Waals surface area contributed by atoms with E-state index in [0.29, 0.717) is 11.9 Å². The van der Waals surface area contributed by atoms with Crippen LogP contribution in [0.5, 0.6) is 0 Å². The first-order chi connectivity index (χ1) is 8.01. The van der Waals surface area contributed by atoms with E-state index < -0.39 is 0 Å². The third-order valence-electron chi connectivity index (χ3n) is 3.93. The Morgan fingerprint density at radius 3 is 2.35 bits per heavy atom. The lowest BCUT2D eigenvalue weighted by molar-refractivity contribution is -0.141. The van der Waals surface area contributed by atoms with E-state index in [2.05, 4.69) is 33.0 Å². The first kappa shape index (κ1) is 14.5. The average molecular weight is 240 g/mol. The summed E-state index contributed by atoms with van der Waals surface area (Å²) in [5.41, 5.74) is -0.191. The smallest absolute Gasteiger partial charge is 0.228 e. The fraction of sp³-hybridized carbons (Fsp3) is 0.929. The highest BCUT2D eigenvalue weighted by molar-refractivity contribution is 5.82. The summed E-state index contributed by atoms with van der Waals surface area (Å²) >= 11 is 0. The maximum absolute atomic E-state index is 12.3.